The Morgan fingerprint density at radius 3 is 2.43 bits per heavy atom. The first kappa shape index (κ1) is 8.76. The molecule has 1 aliphatic rings. The van der Waals surface area contributed by atoms with Crippen molar-refractivity contribution >= 4 is 22.6 Å². The van der Waals surface area contributed by atoms with E-state index in [9.17, 15) is 10.1 Å². The molecule has 0 bridgehead atoms. The molecule has 1 heterocycles. The number of hydrogen-bond donors (Lipinski definition) is 0. The van der Waals surface area contributed by atoms with E-state index in [0.717, 1.165) is 5.17 Å². The van der Waals surface area contributed by atoms with E-state index in [2.05, 4.69) is 5.10 Å². The molecule has 0 atom stereocenters. The zero-order valence-electron chi connectivity index (χ0n) is 6.75. The Balaban J connectivity index is 2.03. The van der Waals surface area contributed by atoms with Gasteiger partial charge in [-0.1, -0.05) is 10.3 Å². The summed E-state index contributed by atoms with van der Waals surface area (Å²) in [5.41, 5.74) is 0.00941. The number of non-ortho nitro benzene ring substituents is 1. The normalized spacial score (nSPS) is 13.5. The molecule has 0 fully saturated rings. The number of nitro benzene ring substituents is 1. The highest BCUT2D eigenvalue weighted by atomic mass is 35.5. The summed E-state index contributed by atoms with van der Waals surface area (Å²) >= 11 is 5.43. The molecule has 0 aliphatic carbocycles. The number of hydrazone groups is 1. The SMILES string of the molecule is O=[N+]([O-])c1ccc(ON2N=C2Cl)cc1. The largest absolute Gasteiger partial charge is 0.355 e. The Hall–Kier alpha value is -1.82. The summed E-state index contributed by atoms with van der Waals surface area (Å²) in [6.45, 7) is 0. The second-order valence-electron chi connectivity index (χ2n) is 2.48. The second kappa shape index (κ2) is 3.15. The molecule has 0 saturated carbocycles. The van der Waals surface area contributed by atoms with Gasteiger partial charge in [-0.25, -0.2) is 0 Å². The van der Waals surface area contributed by atoms with Gasteiger partial charge in [0.1, 0.15) is 0 Å². The van der Waals surface area contributed by atoms with Crippen LogP contribution in [-0.4, -0.2) is 15.4 Å². The summed E-state index contributed by atoms with van der Waals surface area (Å²) in [6.07, 6.45) is 0. The third-order valence-electron chi connectivity index (χ3n) is 1.53. The van der Waals surface area contributed by atoms with Gasteiger partial charge in [0, 0.05) is 12.1 Å². The zero-order valence-corrected chi connectivity index (χ0v) is 7.51. The van der Waals surface area contributed by atoms with Crippen LogP contribution in [0.2, 0.25) is 0 Å². The third kappa shape index (κ3) is 1.74. The quantitative estimate of drug-likeness (QED) is 0.436. The molecule has 0 aromatic heterocycles. The Bertz CT molecular complexity index is 403. The van der Waals surface area contributed by atoms with Gasteiger partial charge in [0.25, 0.3) is 11.0 Å². The number of nitrogens with zero attached hydrogens (tertiary/aromatic N) is 3. The Labute approximate surface area is 83.4 Å². The van der Waals surface area contributed by atoms with Crippen molar-refractivity contribution in [2.24, 2.45) is 5.10 Å². The minimum absolute atomic E-state index is 0.00941. The molecule has 2 rings (SSSR count). The first-order valence-electron chi connectivity index (χ1n) is 3.63. The lowest BCUT2D eigenvalue weighted by atomic mass is 10.3. The maximum atomic E-state index is 10.3. The molecule has 0 spiro atoms. The number of halogens is 1. The van der Waals surface area contributed by atoms with E-state index < -0.39 is 4.92 Å². The third-order valence-corrected chi connectivity index (χ3v) is 1.75. The van der Waals surface area contributed by atoms with Crippen molar-refractivity contribution in [3.63, 3.8) is 0 Å². The number of benzene rings is 1. The van der Waals surface area contributed by atoms with Gasteiger partial charge in [-0.3, -0.25) is 10.1 Å². The first-order valence-corrected chi connectivity index (χ1v) is 4.01. The van der Waals surface area contributed by atoms with Gasteiger partial charge in [0.05, 0.1) is 4.92 Å². The molecule has 0 saturated heterocycles. The molecule has 0 N–H and O–H groups in total. The van der Waals surface area contributed by atoms with E-state index in [1.54, 1.807) is 0 Å². The van der Waals surface area contributed by atoms with Crippen LogP contribution in [-0.2, 0) is 0 Å². The first-order chi connectivity index (χ1) is 6.66. The zero-order chi connectivity index (χ0) is 10.1. The molecule has 7 heteroatoms. The van der Waals surface area contributed by atoms with E-state index in [1.165, 1.54) is 24.3 Å². The number of nitro groups is 1. The minimum Gasteiger partial charge on any atom is -0.355 e. The van der Waals surface area contributed by atoms with E-state index in [0.29, 0.717) is 5.75 Å². The van der Waals surface area contributed by atoms with Crippen LogP contribution in [0.15, 0.2) is 29.4 Å². The molecule has 1 aliphatic heterocycles. The van der Waals surface area contributed by atoms with E-state index in [4.69, 9.17) is 16.4 Å². The summed E-state index contributed by atoms with van der Waals surface area (Å²) in [7, 11) is 0. The Morgan fingerprint density at radius 1 is 1.43 bits per heavy atom. The molecular weight excluding hydrogens is 210 g/mol. The summed E-state index contributed by atoms with van der Waals surface area (Å²) in [5.74, 6) is 0.440. The van der Waals surface area contributed by atoms with Crippen molar-refractivity contribution < 1.29 is 9.76 Å². The molecule has 0 radical (unpaired) electrons. The van der Waals surface area contributed by atoms with Gasteiger partial charge in [-0.15, -0.1) is 0 Å². The molecular formula is C7H4ClN3O3. The predicted molar refractivity (Wildman–Crippen MR) is 48.9 cm³/mol. The lowest BCUT2D eigenvalue weighted by Crippen LogP contribution is -2.06. The highest BCUT2D eigenvalue weighted by Crippen LogP contribution is 2.22. The standard InChI is InChI=1S/C7H4ClN3O3/c8-7-9-10(7)14-6-3-1-5(2-4-6)11(12)13/h1-4H. The molecule has 14 heavy (non-hydrogen) atoms. The number of hydrogen-bond acceptors (Lipinski definition) is 5. The average Bonchev–Trinajstić information content (AvgIpc) is 2.82. The fraction of sp³-hybridized carbons (Fsp3) is 0. The maximum Gasteiger partial charge on any atom is 0.280 e. The molecule has 1 aromatic carbocycles. The summed E-state index contributed by atoms with van der Waals surface area (Å²) in [6, 6.07) is 5.62. The van der Waals surface area contributed by atoms with Crippen LogP contribution in [0.3, 0.4) is 0 Å². The fourth-order valence-electron chi connectivity index (χ4n) is 0.839. The van der Waals surface area contributed by atoms with E-state index in [1.807, 2.05) is 0 Å². The van der Waals surface area contributed by atoms with E-state index >= 15 is 0 Å². The fourth-order valence-corrected chi connectivity index (χ4v) is 0.942. The van der Waals surface area contributed by atoms with Gasteiger partial charge in [-0.2, -0.15) is 0 Å². The van der Waals surface area contributed by atoms with Crippen molar-refractivity contribution in [1.29, 1.82) is 0 Å². The van der Waals surface area contributed by atoms with Crippen LogP contribution in [0, 0.1) is 10.1 Å². The minimum atomic E-state index is -0.481. The van der Waals surface area contributed by atoms with Crippen LogP contribution in [0.25, 0.3) is 0 Å². The predicted octanol–water partition coefficient (Wildman–Crippen LogP) is 1.71. The Kier molecular flexibility index (Phi) is 1.97. The molecule has 6 nitrogen and oxygen atoms in total. The lowest BCUT2D eigenvalue weighted by Gasteiger charge is -2.01. The second-order valence-corrected chi connectivity index (χ2v) is 2.82. The van der Waals surface area contributed by atoms with Crippen LogP contribution >= 0.6 is 11.6 Å². The van der Waals surface area contributed by atoms with Gasteiger partial charge >= 0.3 is 0 Å². The van der Waals surface area contributed by atoms with E-state index in [-0.39, 0.29) is 11.0 Å². The number of amidine groups is 1. The molecule has 1 aromatic rings. The highest BCUT2D eigenvalue weighted by Gasteiger charge is 2.24. The summed E-state index contributed by atoms with van der Waals surface area (Å²) < 4.78 is 0. The average molecular weight is 214 g/mol. The monoisotopic (exact) mass is 213 g/mol. The van der Waals surface area contributed by atoms with Crippen molar-refractivity contribution in [2.45, 2.75) is 0 Å². The van der Waals surface area contributed by atoms with Crippen molar-refractivity contribution in [3.8, 4) is 5.75 Å². The van der Waals surface area contributed by atoms with Crippen LogP contribution < -0.4 is 4.84 Å². The highest BCUT2D eigenvalue weighted by molar-refractivity contribution is 6.67. The number of rotatable bonds is 3. The Morgan fingerprint density at radius 2 is 2.00 bits per heavy atom. The molecule has 0 unspecified atom stereocenters. The maximum absolute atomic E-state index is 10.3. The van der Waals surface area contributed by atoms with Gasteiger partial charge in [0.2, 0.25) is 0 Å². The van der Waals surface area contributed by atoms with Gasteiger partial charge < -0.3 is 4.84 Å². The lowest BCUT2D eigenvalue weighted by molar-refractivity contribution is -0.384. The van der Waals surface area contributed by atoms with Crippen LogP contribution in [0.1, 0.15) is 0 Å². The van der Waals surface area contributed by atoms with Gasteiger partial charge in [0.15, 0.2) is 5.75 Å². The van der Waals surface area contributed by atoms with Crippen molar-refractivity contribution in [1.82, 2.24) is 5.17 Å². The number of hydroxylamine groups is 1. The topological polar surface area (TPSA) is 67.7 Å². The molecule has 0 amide bonds. The molecule has 72 valence electrons. The van der Waals surface area contributed by atoms with Gasteiger partial charge in [-0.05, 0) is 23.7 Å². The van der Waals surface area contributed by atoms with Crippen LogP contribution in [0.4, 0.5) is 5.69 Å². The van der Waals surface area contributed by atoms with Crippen molar-refractivity contribution in [2.75, 3.05) is 0 Å². The summed E-state index contributed by atoms with van der Waals surface area (Å²) in [5, 5.41) is 15.2. The van der Waals surface area contributed by atoms with Crippen molar-refractivity contribution in [3.05, 3.63) is 34.4 Å². The van der Waals surface area contributed by atoms with Crippen LogP contribution in [0.5, 0.6) is 5.75 Å². The smallest absolute Gasteiger partial charge is 0.280 e. The summed E-state index contributed by atoms with van der Waals surface area (Å²) in [4.78, 5) is 14.9.